The smallest absolute Gasteiger partial charge is 0.238 e. The van der Waals surface area contributed by atoms with Crippen molar-refractivity contribution in [1.82, 2.24) is 31.9 Å². The summed E-state index contributed by atoms with van der Waals surface area (Å²) in [6.45, 7) is 8.78. The van der Waals surface area contributed by atoms with Gasteiger partial charge in [-0.05, 0) is 51.4 Å². The van der Waals surface area contributed by atoms with E-state index in [1.165, 1.54) is 109 Å². The molecule has 1 atom stereocenters. The molecule has 0 saturated heterocycles. The Labute approximate surface area is 453 Å². The van der Waals surface area contributed by atoms with E-state index in [0.29, 0.717) is 65.4 Å². The summed E-state index contributed by atoms with van der Waals surface area (Å²) in [7, 11) is 0. The number of alkyl halides is 1. The van der Waals surface area contributed by atoms with Crippen molar-refractivity contribution in [2.75, 3.05) is 92.1 Å². The van der Waals surface area contributed by atoms with Gasteiger partial charge in [0.1, 0.15) is 5.38 Å². The van der Waals surface area contributed by atoms with E-state index in [2.05, 4.69) is 70.1 Å². The summed E-state index contributed by atoms with van der Waals surface area (Å²) < 4.78 is 21.9. The minimum absolute atomic E-state index is 0.0375. The minimum atomic E-state index is -0.893. The number of hydrogen-bond acceptors (Lipinski definition) is 10. The Morgan fingerprint density at radius 2 is 0.649 bits per heavy atom. The largest absolute Gasteiger partial charge is 0.379 e. The van der Waals surface area contributed by atoms with Crippen LogP contribution in [0.2, 0.25) is 0 Å². The van der Waals surface area contributed by atoms with Gasteiger partial charge in [-0.2, -0.15) is 0 Å². The third-order valence-corrected chi connectivity index (χ3v) is 12.5. The van der Waals surface area contributed by atoms with Crippen LogP contribution in [0.3, 0.4) is 0 Å². The van der Waals surface area contributed by atoms with Crippen molar-refractivity contribution >= 4 is 47.0 Å². The van der Waals surface area contributed by atoms with Crippen LogP contribution in [0.5, 0.6) is 0 Å². The quantitative estimate of drug-likeness (QED) is 0.0193. The van der Waals surface area contributed by atoms with Crippen molar-refractivity contribution in [3.8, 4) is 0 Å². The Morgan fingerprint density at radius 3 is 1.05 bits per heavy atom. The molecule has 0 aliphatic heterocycles. The Morgan fingerprint density at radius 1 is 0.351 bits per heavy atom. The molecule has 0 spiro atoms. The van der Waals surface area contributed by atoms with Gasteiger partial charge in [-0.3, -0.25) is 28.8 Å². The topological polar surface area (TPSA) is 212 Å². The summed E-state index contributed by atoms with van der Waals surface area (Å²) in [5.41, 5.74) is 0. The summed E-state index contributed by atoms with van der Waals surface area (Å²) in [5.74, 6) is -0.941. The van der Waals surface area contributed by atoms with Crippen LogP contribution in [0, 0.1) is 0 Å². The second-order valence-electron chi connectivity index (χ2n) is 19.0. The van der Waals surface area contributed by atoms with Crippen molar-refractivity contribution in [3.05, 3.63) is 24.3 Å². The van der Waals surface area contributed by atoms with Crippen molar-refractivity contribution in [3.63, 3.8) is 0 Å². The van der Waals surface area contributed by atoms with E-state index >= 15 is 0 Å². The Bertz CT molecular complexity index is 1420. The van der Waals surface area contributed by atoms with Crippen LogP contribution in [-0.4, -0.2) is 133 Å². The molecule has 0 aromatic rings. The molecule has 0 radical (unpaired) electrons. The van der Waals surface area contributed by atoms with E-state index in [4.69, 9.17) is 30.5 Å². The number of halogens is 1. The van der Waals surface area contributed by atoms with Gasteiger partial charge in [0.05, 0.1) is 52.9 Å². The monoisotopic (exact) mass is 1070 g/mol. The fourth-order valence-electron chi connectivity index (χ4n) is 7.64. The molecule has 6 N–H and O–H groups in total. The lowest BCUT2D eigenvalue weighted by Gasteiger charge is -2.11. The van der Waals surface area contributed by atoms with Gasteiger partial charge in [-0.1, -0.05) is 147 Å². The van der Waals surface area contributed by atoms with Crippen LogP contribution in [0.1, 0.15) is 206 Å². The predicted molar refractivity (Wildman–Crippen MR) is 299 cm³/mol. The van der Waals surface area contributed by atoms with E-state index in [0.717, 1.165) is 44.9 Å². The first-order valence-corrected chi connectivity index (χ1v) is 29.5. The highest BCUT2D eigenvalue weighted by molar-refractivity contribution is 6.30. The van der Waals surface area contributed by atoms with Crippen LogP contribution >= 0.6 is 11.6 Å². The van der Waals surface area contributed by atoms with E-state index in [1.54, 1.807) is 0 Å². The van der Waals surface area contributed by atoms with E-state index < -0.39 is 11.3 Å². The minimum Gasteiger partial charge on any atom is -0.379 e. The van der Waals surface area contributed by atoms with Crippen LogP contribution in [0.25, 0.3) is 0 Å². The standard InChI is InChI=1S/C57H105ClN6O10/c1-3-5-7-9-11-13-15-17-18-20-22-24-26-28-30-32-53(66)60-39-47-74-49-41-63-56(69)36-44-72-50-42-64-57(70)51(58)33-34-54(67)61-37-45-71-43-35-55(68)62-40-48-73-46-38-59-52(65)31-29-27-25-23-21-19-16-14-12-10-8-6-4-2/h11,13,17-18,51H,3-10,12,14-16,19-50H2,1-2H3,(H,59,65)(H,60,66)(H,61,67)(H,62,68)(H,63,69)(H,64,70)/b13-11-,18-17-/t51-/m0/s1. The maximum Gasteiger partial charge on any atom is 0.238 e. The Balaban J connectivity index is 3.55. The molecule has 0 fully saturated rings. The molecule has 430 valence electrons. The highest BCUT2D eigenvalue weighted by atomic mass is 35.5. The van der Waals surface area contributed by atoms with Gasteiger partial charge >= 0.3 is 0 Å². The van der Waals surface area contributed by atoms with Crippen LogP contribution in [0.4, 0.5) is 0 Å². The predicted octanol–water partition coefficient (Wildman–Crippen LogP) is 9.21. The van der Waals surface area contributed by atoms with Crippen LogP contribution in [-0.2, 0) is 47.7 Å². The maximum absolute atomic E-state index is 12.3. The highest BCUT2D eigenvalue weighted by Crippen LogP contribution is 2.13. The number of unbranched alkanes of at least 4 members (excludes halogenated alkanes) is 20. The summed E-state index contributed by atoms with van der Waals surface area (Å²) in [5, 5.41) is 15.8. The number of amides is 6. The number of ether oxygens (including phenoxy) is 4. The molecule has 6 amide bonds. The first kappa shape index (κ1) is 70.4. The number of rotatable bonds is 56. The number of hydrogen-bond donors (Lipinski definition) is 6. The summed E-state index contributed by atoms with van der Waals surface area (Å²) in [6, 6.07) is 0. The first-order valence-electron chi connectivity index (χ1n) is 29.1. The Hall–Kier alpha value is -3.57. The molecule has 0 heterocycles. The van der Waals surface area contributed by atoms with Gasteiger partial charge in [-0.25, -0.2) is 0 Å². The van der Waals surface area contributed by atoms with Gasteiger partial charge in [-0.15, -0.1) is 11.6 Å². The zero-order chi connectivity index (χ0) is 54.1. The number of nitrogens with one attached hydrogen (secondary N) is 6. The van der Waals surface area contributed by atoms with E-state index in [-0.39, 0.29) is 94.7 Å². The molecule has 0 aliphatic carbocycles. The van der Waals surface area contributed by atoms with Crippen LogP contribution in [0.15, 0.2) is 24.3 Å². The second-order valence-corrected chi connectivity index (χ2v) is 19.5. The molecule has 0 bridgehead atoms. The molecule has 17 heteroatoms. The fraction of sp³-hybridized carbons (Fsp3) is 0.825. The average molecular weight is 1070 g/mol. The van der Waals surface area contributed by atoms with Gasteiger partial charge in [0.25, 0.3) is 0 Å². The molecule has 0 aliphatic rings. The van der Waals surface area contributed by atoms with E-state index in [9.17, 15) is 28.8 Å². The fourth-order valence-corrected chi connectivity index (χ4v) is 7.83. The van der Waals surface area contributed by atoms with Crippen molar-refractivity contribution in [2.45, 2.75) is 212 Å². The third kappa shape index (κ3) is 54.7. The maximum atomic E-state index is 12.3. The Kier molecular flexibility index (Phi) is 54.4. The zero-order valence-electron chi connectivity index (χ0n) is 46.5. The third-order valence-electron chi connectivity index (χ3n) is 12.1. The normalized spacial score (nSPS) is 11.8. The summed E-state index contributed by atoms with van der Waals surface area (Å²) >= 11 is 6.18. The lowest BCUT2D eigenvalue weighted by molar-refractivity contribution is -0.124. The summed E-state index contributed by atoms with van der Waals surface area (Å²) in [6.07, 6.45) is 40.0. The SMILES string of the molecule is CCCCC/C=C\C/C=C\CCCCCCCC(=O)NCCOCCNC(=O)CCOCCNC(=O)[C@@H](Cl)CCC(=O)NCCOCCC(=O)NCCOCCNC(=O)CCCCCCCCCCCCCCC. The van der Waals surface area contributed by atoms with Crippen LogP contribution < -0.4 is 31.9 Å². The molecule has 0 aromatic carbocycles. The molecule has 0 rings (SSSR count). The van der Waals surface area contributed by atoms with Gasteiger partial charge in [0, 0.05) is 71.4 Å². The van der Waals surface area contributed by atoms with E-state index in [1.807, 2.05) is 0 Å². The first-order chi connectivity index (χ1) is 36.2. The molecule has 74 heavy (non-hydrogen) atoms. The molecule has 0 saturated carbocycles. The molecular formula is C57H105ClN6O10. The number of allylic oxidation sites excluding steroid dienone is 4. The lowest BCUT2D eigenvalue weighted by atomic mass is 10.0. The van der Waals surface area contributed by atoms with Gasteiger partial charge < -0.3 is 50.8 Å². The highest BCUT2D eigenvalue weighted by Gasteiger charge is 2.16. The molecular weight excluding hydrogens is 964 g/mol. The number of carbonyl (C=O) groups excluding carboxylic acids is 6. The molecule has 16 nitrogen and oxygen atoms in total. The van der Waals surface area contributed by atoms with Gasteiger partial charge in [0.2, 0.25) is 35.4 Å². The van der Waals surface area contributed by atoms with Crippen molar-refractivity contribution in [1.29, 1.82) is 0 Å². The average Bonchev–Trinajstić information content (AvgIpc) is 3.39. The summed E-state index contributed by atoms with van der Waals surface area (Å²) in [4.78, 5) is 72.8. The van der Waals surface area contributed by atoms with Gasteiger partial charge in [0.15, 0.2) is 0 Å². The van der Waals surface area contributed by atoms with Crippen molar-refractivity contribution in [2.24, 2.45) is 0 Å². The number of carbonyl (C=O) groups is 6. The molecule has 0 unspecified atom stereocenters. The molecule has 0 aromatic heterocycles. The lowest BCUT2D eigenvalue weighted by Crippen LogP contribution is -2.35. The second kappa shape index (κ2) is 57.1. The zero-order valence-corrected chi connectivity index (χ0v) is 47.2. The van der Waals surface area contributed by atoms with Crippen molar-refractivity contribution < 1.29 is 47.7 Å².